The smallest absolute Gasteiger partial charge is 0.0902 e. The fourth-order valence-electron chi connectivity index (χ4n) is 0.454. The van der Waals surface area contributed by atoms with Crippen molar-refractivity contribution in [2.45, 2.75) is 0 Å². The van der Waals surface area contributed by atoms with E-state index in [-0.39, 0.29) is 29.6 Å². The van der Waals surface area contributed by atoms with Gasteiger partial charge in [-0.2, -0.15) is 11.3 Å². The van der Waals surface area contributed by atoms with Gasteiger partial charge in [0.25, 0.3) is 0 Å². The molecule has 0 aliphatic heterocycles. The van der Waals surface area contributed by atoms with Crippen LogP contribution in [0.15, 0.2) is 52.0 Å². The molecule has 3 heteroatoms. The monoisotopic (exact) mass is 175 g/mol. The molecule has 0 amide bonds. The standard InChI is InChI=1S/C4H4O.C4H4S.Na/c2*1-2-4-5-3-1;/h2*1-4H;. The summed E-state index contributed by atoms with van der Waals surface area (Å²) in [4.78, 5) is 0. The molecule has 2 aromatic heterocycles. The van der Waals surface area contributed by atoms with Gasteiger partial charge in [-0.05, 0) is 22.9 Å². The molecule has 11 heavy (non-hydrogen) atoms. The Morgan fingerprint density at radius 2 is 1.36 bits per heavy atom. The second kappa shape index (κ2) is 8.08. The molecule has 2 rings (SSSR count). The number of hydrogen-bond donors (Lipinski definition) is 0. The van der Waals surface area contributed by atoms with Crippen molar-refractivity contribution in [3.63, 3.8) is 0 Å². The second-order valence-corrected chi connectivity index (χ2v) is 2.40. The zero-order chi connectivity index (χ0) is 7.07. The molecule has 1 nitrogen and oxygen atoms in total. The molecule has 0 aromatic carbocycles. The van der Waals surface area contributed by atoms with Crippen molar-refractivity contribution in [3.8, 4) is 0 Å². The van der Waals surface area contributed by atoms with Crippen LogP contribution in [0.1, 0.15) is 0 Å². The minimum Gasteiger partial charge on any atom is -0.473 e. The van der Waals surface area contributed by atoms with Crippen LogP contribution in [-0.2, 0) is 0 Å². The molecule has 0 saturated carbocycles. The van der Waals surface area contributed by atoms with Gasteiger partial charge in [-0.1, -0.05) is 12.1 Å². The minimum atomic E-state index is 0. The van der Waals surface area contributed by atoms with Crippen LogP contribution in [0.2, 0.25) is 0 Å². The van der Waals surface area contributed by atoms with Gasteiger partial charge in [0.05, 0.1) is 12.5 Å². The first kappa shape index (κ1) is 11.0. The normalized spacial score (nSPS) is 7.27. The van der Waals surface area contributed by atoms with Gasteiger partial charge in [-0.25, -0.2) is 0 Å². The van der Waals surface area contributed by atoms with Crippen molar-refractivity contribution in [1.29, 1.82) is 0 Å². The van der Waals surface area contributed by atoms with Crippen molar-refractivity contribution < 1.29 is 4.42 Å². The predicted octanol–water partition coefficient (Wildman–Crippen LogP) is 2.65. The van der Waals surface area contributed by atoms with E-state index in [0.717, 1.165) is 0 Å². The predicted molar refractivity (Wildman–Crippen MR) is 48.8 cm³/mol. The minimum absolute atomic E-state index is 0. The van der Waals surface area contributed by atoms with Crippen LogP contribution in [0.3, 0.4) is 0 Å². The first-order valence-corrected chi connectivity index (χ1v) is 3.89. The van der Waals surface area contributed by atoms with Gasteiger partial charge in [0.15, 0.2) is 0 Å². The molecule has 0 spiro atoms. The zero-order valence-corrected chi connectivity index (χ0v) is 9.25. The largest absolute Gasteiger partial charge is 0.473 e. The van der Waals surface area contributed by atoms with E-state index in [1.54, 1.807) is 23.9 Å². The molecule has 0 aliphatic rings. The molecule has 0 N–H and O–H groups in total. The summed E-state index contributed by atoms with van der Waals surface area (Å²) in [5, 5.41) is 4.08. The van der Waals surface area contributed by atoms with E-state index in [1.165, 1.54) is 0 Å². The number of hydrogen-bond acceptors (Lipinski definition) is 2. The Balaban J connectivity index is 0.000000167. The van der Waals surface area contributed by atoms with Crippen LogP contribution in [0, 0.1) is 0 Å². The van der Waals surface area contributed by atoms with E-state index in [2.05, 4.69) is 4.42 Å². The molecule has 0 aliphatic carbocycles. The van der Waals surface area contributed by atoms with Gasteiger partial charge < -0.3 is 4.42 Å². The Hall–Kier alpha value is -0.0200. The quantitative estimate of drug-likeness (QED) is 0.561. The maximum Gasteiger partial charge on any atom is 0.0902 e. The topological polar surface area (TPSA) is 13.1 Å². The first-order valence-electron chi connectivity index (χ1n) is 2.94. The van der Waals surface area contributed by atoms with Gasteiger partial charge in [-0.3, -0.25) is 0 Å². The molecular weight excluding hydrogens is 167 g/mol. The van der Waals surface area contributed by atoms with E-state index in [1.807, 2.05) is 35.0 Å². The summed E-state index contributed by atoms with van der Waals surface area (Å²) >= 11 is 1.71. The Morgan fingerprint density at radius 3 is 1.55 bits per heavy atom. The molecule has 53 valence electrons. The van der Waals surface area contributed by atoms with Gasteiger partial charge >= 0.3 is 0 Å². The maximum absolute atomic E-state index is 4.58. The molecule has 0 atom stereocenters. The molecule has 0 unspecified atom stereocenters. The molecule has 2 aromatic rings. The molecule has 0 bridgehead atoms. The zero-order valence-electron chi connectivity index (χ0n) is 6.44. The van der Waals surface area contributed by atoms with Gasteiger partial charge in [-0.15, -0.1) is 0 Å². The van der Waals surface area contributed by atoms with Crippen molar-refractivity contribution >= 4 is 40.9 Å². The molecule has 1 radical (unpaired) electrons. The summed E-state index contributed by atoms with van der Waals surface area (Å²) < 4.78 is 4.58. The third-order valence-corrected chi connectivity index (χ3v) is 1.48. The van der Waals surface area contributed by atoms with Crippen molar-refractivity contribution in [2.24, 2.45) is 0 Å². The van der Waals surface area contributed by atoms with Crippen LogP contribution >= 0.6 is 11.3 Å². The summed E-state index contributed by atoms with van der Waals surface area (Å²) in [6.07, 6.45) is 3.25. The SMILES string of the molecule is [Na].c1ccoc1.c1ccsc1. The Morgan fingerprint density at radius 1 is 0.818 bits per heavy atom. The van der Waals surface area contributed by atoms with E-state index in [4.69, 9.17) is 0 Å². The van der Waals surface area contributed by atoms with Crippen LogP contribution < -0.4 is 0 Å². The molecule has 0 saturated heterocycles. The van der Waals surface area contributed by atoms with Crippen LogP contribution in [0.4, 0.5) is 0 Å². The maximum atomic E-state index is 4.58. The van der Waals surface area contributed by atoms with Crippen LogP contribution in [0.5, 0.6) is 0 Å². The fourth-order valence-corrected chi connectivity index (χ4v) is 0.907. The van der Waals surface area contributed by atoms with Crippen molar-refractivity contribution in [2.75, 3.05) is 0 Å². The van der Waals surface area contributed by atoms with E-state index in [0.29, 0.717) is 0 Å². The molecule has 0 fully saturated rings. The third-order valence-electron chi connectivity index (χ3n) is 0.851. The average Bonchev–Trinajstić information content (AvgIpc) is 2.67. The molecule has 2 heterocycles. The number of rotatable bonds is 0. The Labute approximate surface area is 92.3 Å². The fraction of sp³-hybridized carbons (Fsp3) is 0. The van der Waals surface area contributed by atoms with Crippen LogP contribution in [0.25, 0.3) is 0 Å². The first-order chi connectivity index (χ1) is 5.00. The Bertz CT molecular complexity index is 153. The number of thiophene rings is 1. The third kappa shape index (κ3) is 6.38. The summed E-state index contributed by atoms with van der Waals surface area (Å²) in [6, 6.07) is 7.70. The van der Waals surface area contributed by atoms with Crippen LogP contribution in [-0.4, -0.2) is 29.6 Å². The Kier molecular flexibility index (Phi) is 8.07. The second-order valence-electron chi connectivity index (χ2n) is 1.59. The summed E-state index contributed by atoms with van der Waals surface area (Å²) in [7, 11) is 0. The van der Waals surface area contributed by atoms with E-state index in [9.17, 15) is 0 Å². The summed E-state index contributed by atoms with van der Waals surface area (Å²) in [6.45, 7) is 0. The summed E-state index contributed by atoms with van der Waals surface area (Å²) in [5.74, 6) is 0. The van der Waals surface area contributed by atoms with Gasteiger partial charge in [0.1, 0.15) is 0 Å². The van der Waals surface area contributed by atoms with Crippen molar-refractivity contribution in [1.82, 2.24) is 0 Å². The molecular formula is C8H8NaOS. The van der Waals surface area contributed by atoms with E-state index >= 15 is 0 Å². The average molecular weight is 175 g/mol. The van der Waals surface area contributed by atoms with Crippen molar-refractivity contribution in [3.05, 3.63) is 47.6 Å². The van der Waals surface area contributed by atoms with Gasteiger partial charge in [0.2, 0.25) is 0 Å². The summed E-state index contributed by atoms with van der Waals surface area (Å²) in [5.41, 5.74) is 0. The number of furan rings is 1. The van der Waals surface area contributed by atoms with Gasteiger partial charge in [0, 0.05) is 29.6 Å². The van der Waals surface area contributed by atoms with E-state index < -0.39 is 0 Å².